The molecule has 1 saturated heterocycles. The van der Waals surface area contributed by atoms with Crippen LogP contribution in [0.5, 0.6) is 0 Å². The minimum atomic E-state index is -0.977. The summed E-state index contributed by atoms with van der Waals surface area (Å²) in [4.78, 5) is 28.2. The third-order valence-electron chi connectivity index (χ3n) is 3.15. The van der Waals surface area contributed by atoms with Crippen LogP contribution in [-0.4, -0.2) is 52.7 Å². The monoisotopic (exact) mass is 298 g/mol. The first kappa shape index (κ1) is 14.7. The standard InChI is InChI=1S/C13H15ClN2O4/c14-11-7-9(1-4-15-11)13(19)16-5-2-10(3-6-16)20-8-12(17)18/h1,4,7,10H,2-3,5-6,8H2,(H,17,18). The predicted octanol–water partition coefficient (Wildman–Crippen LogP) is 1.44. The van der Waals surface area contributed by atoms with E-state index in [2.05, 4.69) is 4.98 Å². The molecule has 1 aromatic rings. The third-order valence-corrected chi connectivity index (χ3v) is 3.35. The molecule has 1 aliphatic rings. The molecule has 7 heteroatoms. The summed E-state index contributed by atoms with van der Waals surface area (Å²) >= 11 is 5.76. The van der Waals surface area contributed by atoms with Crippen molar-refractivity contribution in [3.05, 3.63) is 29.0 Å². The minimum Gasteiger partial charge on any atom is -0.480 e. The fourth-order valence-electron chi connectivity index (χ4n) is 2.13. The number of nitrogens with zero attached hydrogens (tertiary/aromatic N) is 2. The van der Waals surface area contributed by atoms with Crippen molar-refractivity contribution in [3.8, 4) is 0 Å². The lowest BCUT2D eigenvalue weighted by Crippen LogP contribution is -2.41. The summed E-state index contributed by atoms with van der Waals surface area (Å²) < 4.78 is 5.23. The van der Waals surface area contributed by atoms with Crippen LogP contribution in [0.25, 0.3) is 0 Å². The van der Waals surface area contributed by atoms with Gasteiger partial charge < -0.3 is 14.7 Å². The summed E-state index contributed by atoms with van der Waals surface area (Å²) in [6.07, 6.45) is 2.67. The van der Waals surface area contributed by atoms with Gasteiger partial charge in [-0.1, -0.05) is 11.6 Å². The number of aliphatic carboxylic acids is 1. The van der Waals surface area contributed by atoms with E-state index >= 15 is 0 Å². The molecule has 0 radical (unpaired) electrons. The Labute approximate surface area is 121 Å². The summed E-state index contributed by atoms with van der Waals surface area (Å²) in [7, 11) is 0. The fraction of sp³-hybridized carbons (Fsp3) is 0.462. The Morgan fingerprint density at radius 1 is 1.45 bits per heavy atom. The van der Waals surface area contributed by atoms with Gasteiger partial charge in [0.05, 0.1) is 6.10 Å². The predicted molar refractivity (Wildman–Crippen MR) is 71.8 cm³/mol. The van der Waals surface area contributed by atoms with Gasteiger partial charge in [0.2, 0.25) is 0 Å². The number of aromatic nitrogens is 1. The smallest absolute Gasteiger partial charge is 0.329 e. The molecule has 0 unspecified atom stereocenters. The molecule has 2 rings (SSSR count). The van der Waals surface area contributed by atoms with Crippen LogP contribution >= 0.6 is 11.6 Å². The van der Waals surface area contributed by atoms with Crippen molar-refractivity contribution in [1.29, 1.82) is 0 Å². The maximum Gasteiger partial charge on any atom is 0.329 e. The van der Waals surface area contributed by atoms with Gasteiger partial charge in [0, 0.05) is 24.8 Å². The van der Waals surface area contributed by atoms with Crippen molar-refractivity contribution in [2.75, 3.05) is 19.7 Å². The Morgan fingerprint density at radius 2 is 2.15 bits per heavy atom. The van der Waals surface area contributed by atoms with Gasteiger partial charge in [-0.3, -0.25) is 4.79 Å². The maximum atomic E-state index is 12.2. The highest BCUT2D eigenvalue weighted by Gasteiger charge is 2.24. The number of piperidine rings is 1. The highest BCUT2D eigenvalue weighted by atomic mass is 35.5. The van der Waals surface area contributed by atoms with Crippen LogP contribution in [0.15, 0.2) is 18.3 Å². The van der Waals surface area contributed by atoms with E-state index < -0.39 is 5.97 Å². The molecule has 1 fully saturated rings. The van der Waals surface area contributed by atoms with E-state index in [-0.39, 0.29) is 23.8 Å². The lowest BCUT2D eigenvalue weighted by molar-refractivity contribution is -0.145. The Kier molecular flexibility index (Phi) is 4.92. The normalized spacial score (nSPS) is 16.1. The summed E-state index contributed by atoms with van der Waals surface area (Å²) in [6.45, 7) is 0.796. The quantitative estimate of drug-likeness (QED) is 0.851. The highest BCUT2D eigenvalue weighted by molar-refractivity contribution is 6.29. The molecule has 0 aliphatic carbocycles. The number of carbonyl (C=O) groups excluding carboxylic acids is 1. The van der Waals surface area contributed by atoms with E-state index in [1.54, 1.807) is 11.0 Å². The summed E-state index contributed by atoms with van der Waals surface area (Å²) in [5.74, 6) is -1.07. The maximum absolute atomic E-state index is 12.2. The Bertz CT molecular complexity index is 501. The van der Waals surface area contributed by atoms with Crippen molar-refractivity contribution >= 4 is 23.5 Å². The lowest BCUT2D eigenvalue weighted by atomic mass is 10.1. The van der Waals surface area contributed by atoms with Gasteiger partial charge in [-0.15, -0.1) is 0 Å². The molecule has 6 nitrogen and oxygen atoms in total. The SMILES string of the molecule is O=C(O)COC1CCN(C(=O)c2ccnc(Cl)c2)CC1. The molecule has 0 aromatic carbocycles. The number of halogens is 1. The molecule has 1 aromatic heterocycles. The zero-order chi connectivity index (χ0) is 14.5. The Balaban J connectivity index is 1.87. The van der Waals surface area contributed by atoms with Crippen molar-refractivity contribution in [2.45, 2.75) is 18.9 Å². The molecule has 1 aliphatic heterocycles. The van der Waals surface area contributed by atoms with Crippen LogP contribution in [-0.2, 0) is 9.53 Å². The first-order valence-electron chi connectivity index (χ1n) is 6.30. The zero-order valence-corrected chi connectivity index (χ0v) is 11.5. The van der Waals surface area contributed by atoms with E-state index in [4.69, 9.17) is 21.4 Å². The Hall–Kier alpha value is -1.66. The van der Waals surface area contributed by atoms with Gasteiger partial charge in [0.1, 0.15) is 11.8 Å². The van der Waals surface area contributed by atoms with Crippen LogP contribution in [0.2, 0.25) is 5.15 Å². The average Bonchev–Trinajstić information content (AvgIpc) is 2.45. The van der Waals surface area contributed by atoms with Crippen LogP contribution in [0.1, 0.15) is 23.2 Å². The van der Waals surface area contributed by atoms with E-state index in [0.717, 1.165) is 0 Å². The number of pyridine rings is 1. The lowest BCUT2D eigenvalue weighted by Gasteiger charge is -2.31. The van der Waals surface area contributed by atoms with Gasteiger partial charge in [-0.2, -0.15) is 0 Å². The highest BCUT2D eigenvalue weighted by Crippen LogP contribution is 2.17. The van der Waals surface area contributed by atoms with Crippen LogP contribution in [0.3, 0.4) is 0 Å². The number of amides is 1. The van der Waals surface area contributed by atoms with Crippen LogP contribution in [0, 0.1) is 0 Å². The van der Waals surface area contributed by atoms with Crippen molar-refractivity contribution < 1.29 is 19.4 Å². The van der Waals surface area contributed by atoms with Gasteiger partial charge in [0.25, 0.3) is 5.91 Å². The van der Waals surface area contributed by atoms with Gasteiger partial charge in [-0.25, -0.2) is 9.78 Å². The van der Waals surface area contributed by atoms with Crippen molar-refractivity contribution in [1.82, 2.24) is 9.88 Å². The zero-order valence-electron chi connectivity index (χ0n) is 10.8. The van der Waals surface area contributed by atoms with Crippen LogP contribution in [0.4, 0.5) is 0 Å². The molecular weight excluding hydrogens is 284 g/mol. The summed E-state index contributed by atoms with van der Waals surface area (Å²) in [5, 5.41) is 8.84. The fourth-order valence-corrected chi connectivity index (χ4v) is 2.31. The molecular formula is C13H15ClN2O4. The number of likely N-dealkylation sites (tertiary alicyclic amines) is 1. The van der Waals surface area contributed by atoms with E-state index in [1.807, 2.05) is 0 Å². The number of hydrogen-bond acceptors (Lipinski definition) is 4. The number of ether oxygens (including phenoxy) is 1. The van der Waals surface area contributed by atoms with Crippen molar-refractivity contribution in [3.63, 3.8) is 0 Å². The van der Waals surface area contributed by atoms with E-state index in [1.165, 1.54) is 12.3 Å². The topological polar surface area (TPSA) is 79.7 Å². The number of carboxylic acids is 1. The minimum absolute atomic E-state index is 0.0917. The van der Waals surface area contributed by atoms with E-state index in [0.29, 0.717) is 31.5 Å². The molecule has 0 saturated carbocycles. The second-order valence-corrected chi connectivity index (χ2v) is 4.95. The van der Waals surface area contributed by atoms with Crippen molar-refractivity contribution in [2.24, 2.45) is 0 Å². The summed E-state index contributed by atoms with van der Waals surface area (Å²) in [5.41, 5.74) is 0.509. The molecule has 0 atom stereocenters. The first-order valence-corrected chi connectivity index (χ1v) is 6.68. The van der Waals surface area contributed by atoms with Gasteiger partial charge in [0.15, 0.2) is 0 Å². The van der Waals surface area contributed by atoms with Crippen LogP contribution < -0.4 is 0 Å². The second-order valence-electron chi connectivity index (χ2n) is 4.56. The molecule has 1 N–H and O–H groups in total. The molecule has 1 amide bonds. The third kappa shape index (κ3) is 3.91. The van der Waals surface area contributed by atoms with Gasteiger partial charge in [-0.05, 0) is 25.0 Å². The number of carboxylic acid groups (broad SMARTS) is 1. The molecule has 0 bridgehead atoms. The Morgan fingerprint density at radius 3 is 2.75 bits per heavy atom. The first-order chi connectivity index (χ1) is 9.56. The molecule has 0 spiro atoms. The molecule has 2 heterocycles. The number of rotatable bonds is 4. The molecule has 108 valence electrons. The average molecular weight is 299 g/mol. The largest absolute Gasteiger partial charge is 0.480 e. The second kappa shape index (κ2) is 6.67. The van der Waals surface area contributed by atoms with Gasteiger partial charge >= 0.3 is 5.97 Å². The van der Waals surface area contributed by atoms with E-state index in [9.17, 15) is 9.59 Å². The number of carbonyl (C=O) groups is 2. The molecule has 20 heavy (non-hydrogen) atoms. The number of hydrogen-bond donors (Lipinski definition) is 1. The summed E-state index contributed by atoms with van der Waals surface area (Å²) in [6, 6.07) is 3.16.